The lowest BCUT2D eigenvalue weighted by Gasteiger charge is -2.34. The van der Waals surface area contributed by atoms with E-state index in [1.807, 2.05) is 0 Å². The quantitative estimate of drug-likeness (QED) is 0.768. The van der Waals surface area contributed by atoms with E-state index < -0.39 is 5.92 Å². The van der Waals surface area contributed by atoms with Gasteiger partial charge < -0.3 is 4.90 Å². The van der Waals surface area contributed by atoms with E-state index in [4.69, 9.17) is 0 Å². The number of anilines is 1. The SMILES string of the molecule is CCC(=O)c1ccc(N2CCCC(F)(F)C2)cc1. The Morgan fingerprint density at radius 2 is 2.00 bits per heavy atom. The Morgan fingerprint density at radius 3 is 2.56 bits per heavy atom. The molecular formula is C14H17F2NO. The monoisotopic (exact) mass is 253 g/mol. The first-order chi connectivity index (χ1) is 8.52. The summed E-state index contributed by atoms with van der Waals surface area (Å²) in [5.74, 6) is -2.53. The average molecular weight is 253 g/mol. The summed E-state index contributed by atoms with van der Waals surface area (Å²) in [6, 6.07) is 6.94. The maximum absolute atomic E-state index is 13.3. The molecule has 1 saturated heterocycles. The Kier molecular flexibility index (Phi) is 3.64. The Bertz CT molecular complexity index is 428. The standard InChI is InChI=1S/C14H17F2NO/c1-2-13(18)11-4-6-12(7-5-11)17-9-3-8-14(15,16)10-17/h4-7H,2-3,8-10H2,1H3. The first kappa shape index (κ1) is 13.0. The van der Waals surface area contributed by atoms with Crippen molar-refractivity contribution in [2.75, 3.05) is 18.0 Å². The van der Waals surface area contributed by atoms with Crippen LogP contribution in [0.2, 0.25) is 0 Å². The highest BCUT2D eigenvalue weighted by Gasteiger charge is 2.35. The summed E-state index contributed by atoms with van der Waals surface area (Å²) in [7, 11) is 0. The normalized spacial score (nSPS) is 18.7. The van der Waals surface area contributed by atoms with Crippen LogP contribution in [-0.2, 0) is 0 Å². The summed E-state index contributed by atoms with van der Waals surface area (Å²) in [4.78, 5) is 13.2. The van der Waals surface area contributed by atoms with E-state index in [0.717, 1.165) is 5.69 Å². The summed E-state index contributed by atoms with van der Waals surface area (Å²) < 4.78 is 26.6. The molecule has 0 spiro atoms. The lowest BCUT2D eigenvalue weighted by atomic mass is 10.0. The zero-order chi connectivity index (χ0) is 13.2. The first-order valence-corrected chi connectivity index (χ1v) is 6.28. The third-order valence-corrected chi connectivity index (χ3v) is 3.27. The Hall–Kier alpha value is -1.45. The molecule has 0 aromatic heterocycles. The van der Waals surface area contributed by atoms with E-state index >= 15 is 0 Å². The first-order valence-electron chi connectivity index (χ1n) is 6.28. The molecule has 0 amide bonds. The molecule has 0 saturated carbocycles. The Labute approximate surface area is 106 Å². The van der Waals surface area contributed by atoms with Gasteiger partial charge in [-0.25, -0.2) is 8.78 Å². The topological polar surface area (TPSA) is 20.3 Å². The minimum atomic E-state index is -2.60. The van der Waals surface area contributed by atoms with Gasteiger partial charge in [0.15, 0.2) is 5.78 Å². The summed E-state index contributed by atoms with van der Waals surface area (Å²) in [6.45, 7) is 2.23. The summed E-state index contributed by atoms with van der Waals surface area (Å²) in [5, 5.41) is 0. The second-order valence-corrected chi connectivity index (χ2v) is 4.70. The molecule has 98 valence electrons. The lowest BCUT2D eigenvalue weighted by Crippen LogP contribution is -2.42. The molecule has 1 fully saturated rings. The molecule has 0 N–H and O–H groups in total. The van der Waals surface area contributed by atoms with Gasteiger partial charge in [-0.05, 0) is 30.7 Å². The second kappa shape index (κ2) is 5.04. The van der Waals surface area contributed by atoms with Gasteiger partial charge in [-0.2, -0.15) is 0 Å². The number of hydrogen-bond acceptors (Lipinski definition) is 2. The van der Waals surface area contributed by atoms with Gasteiger partial charge in [0.25, 0.3) is 5.92 Å². The fourth-order valence-electron chi connectivity index (χ4n) is 2.25. The van der Waals surface area contributed by atoms with Gasteiger partial charge in [-0.1, -0.05) is 6.92 Å². The molecule has 0 radical (unpaired) electrons. The van der Waals surface area contributed by atoms with Crippen LogP contribution in [-0.4, -0.2) is 24.8 Å². The van der Waals surface area contributed by atoms with Crippen molar-refractivity contribution >= 4 is 11.5 Å². The van der Waals surface area contributed by atoms with Gasteiger partial charge in [0.05, 0.1) is 6.54 Å². The number of piperidine rings is 1. The maximum Gasteiger partial charge on any atom is 0.265 e. The van der Waals surface area contributed by atoms with Crippen molar-refractivity contribution in [3.05, 3.63) is 29.8 Å². The fourth-order valence-corrected chi connectivity index (χ4v) is 2.25. The van der Waals surface area contributed by atoms with Gasteiger partial charge in [0, 0.05) is 30.6 Å². The number of rotatable bonds is 3. The van der Waals surface area contributed by atoms with Crippen molar-refractivity contribution in [2.45, 2.75) is 32.1 Å². The van der Waals surface area contributed by atoms with Gasteiger partial charge in [-0.15, -0.1) is 0 Å². The summed E-state index contributed by atoms with van der Waals surface area (Å²) in [5.41, 5.74) is 1.41. The molecule has 1 aliphatic rings. The molecule has 0 atom stereocenters. The van der Waals surface area contributed by atoms with Crippen molar-refractivity contribution in [2.24, 2.45) is 0 Å². The van der Waals surface area contributed by atoms with Crippen molar-refractivity contribution in [1.29, 1.82) is 0 Å². The summed E-state index contributed by atoms with van der Waals surface area (Å²) >= 11 is 0. The number of carbonyl (C=O) groups excluding carboxylic acids is 1. The van der Waals surface area contributed by atoms with Crippen LogP contribution in [0.3, 0.4) is 0 Å². The lowest BCUT2D eigenvalue weighted by molar-refractivity contribution is -0.0116. The molecule has 1 aromatic rings. The van der Waals surface area contributed by atoms with E-state index in [1.165, 1.54) is 0 Å². The van der Waals surface area contributed by atoms with Crippen molar-refractivity contribution in [3.63, 3.8) is 0 Å². The van der Waals surface area contributed by atoms with Crippen LogP contribution < -0.4 is 4.90 Å². The number of alkyl halides is 2. The fraction of sp³-hybridized carbons (Fsp3) is 0.500. The van der Waals surface area contributed by atoms with E-state index in [-0.39, 0.29) is 18.7 Å². The third-order valence-electron chi connectivity index (χ3n) is 3.27. The van der Waals surface area contributed by atoms with E-state index in [1.54, 1.807) is 36.1 Å². The molecule has 4 heteroatoms. The minimum Gasteiger partial charge on any atom is -0.365 e. The predicted molar refractivity (Wildman–Crippen MR) is 67.5 cm³/mol. The average Bonchev–Trinajstić information content (AvgIpc) is 2.37. The minimum absolute atomic E-state index is 0.0318. The molecule has 0 unspecified atom stereocenters. The van der Waals surface area contributed by atoms with E-state index in [9.17, 15) is 13.6 Å². The Balaban J connectivity index is 2.12. The van der Waals surface area contributed by atoms with Gasteiger partial charge in [0.2, 0.25) is 0 Å². The molecule has 18 heavy (non-hydrogen) atoms. The van der Waals surface area contributed by atoms with Crippen LogP contribution in [0.25, 0.3) is 0 Å². The number of halogens is 2. The zero-order valence-corrected chi connectivity index (χ0v) is 10.5. The zero-order valence-electron chi connectivity index (χ0n) is 10.5. The number of Topliss-reactive ketones (excluding diaryl/α,β-unsaturated/α-hetero) is 1. The van der Waals surface area contributed by atoms with Gasteiger partial charge >= 0.3 is 0 Å². The maximum atomic E-state index is 13.3. The van der Waals surface area contributed by atoms with Crippen molar-refractivity contribution in [3.8, 4) is 0 Å². The highest BCUT2D eigenvalue weighted by Crippen LogP contribution is 2.30. The largest absolute Gasteiger partial charge is 0.365 e. The molecule has 1 aromatic carbocycles. The molecule has 2 nitrogen and oxygen atoms in total. The van der Waals surface area contributed by atoms with Gasteiger partial charge in [-0.3, -0.25) is 4.79 Å². The van der Waals surface area contributed by atoms with Crippen molar-refractivity contribution < 1.29 is 13.6 Å². The van der Waals surface area contributed by atoms with Crippen LogP contribution in [0.15, 0.2) is 24.3 Å². The molecule has 1 aliphatic heterocycles. The van der Waals surface area contributed by atoms with Gasteiger partial charge in [0.1, 0.15) is 0 Å². The van der Waals surface area contributed by atoms with Crippen LogP contribution in [0.1, 0.15) is 36.5 Å². The molecule has 2 rings (SSSR count). The number of carbonyl (C=O) groups is 1. The second-order valence-electron chi connectivity index (χ2n) is 4.70. The van der Waals surface area contributed by atoms with Crippen LogP contribution in [0.5, 0.6) is 0 Å². The molecule has 0 aliphatic carbocycles. The summed E-state index contributed by atoms with van der Waals surface area (Å²) in [6.07, 6.45) is 0.930. The smallest absolute Gasteiger partial charge is 0.265 e. The predicted octanol–water partition coefficient (Wildman–Crippen LogP) is 3.51. The van der Waals surface area contributed by atoms with E-state index in [2.05, 4.69) is 0 Å². The highest BCUT2D eigenvalue weighted by atomic mass is 19.3. The third kappa shape index (κ3) is 2.86. The number of benzene rings is 1. The molecule has 0 bridgehead atoms. The number of hydrogen-bond donors (Lipinski definition) is 0. The number of nitrogens with zero attached hydrogens (tertiary/aromatic N) is 1. The highest BCUT2D eigenvalue weighted by molar-refractivity contribution is 5.96. The van der Waals surface area contributed by atoms with Crippen LogP contribution in [0.4, 0.5) is 14.5 Å². The molecular weight excluding hydrogens is 236 g/mol. The Morgan fingerprint density at radius 1 is 1.33 bits per heavy atom. The van der Waals surface area contributed by atoms with Crippen LogP contribution in [0, 0.1) is 0 Å². The van der Waals surface area contributed by atoms with Crippen molar-refractivity contribution in [1.82, 2.24) is 0 Å². The van der Waals surface area contributed by atoms with E-state index in [0.29, 0.717) is 24.9 Å². The number of ketones is 1. The van der Waals surface area contributed by atoms with Crippen LogP contribution >= 0.6 is 0 Å². The molecule has 1 heterocycles.